The van der Waals surface area contributed by atoms with Gasteiger partial charge in [-0.2, -0.15) is 0 Å². The molecule has 6 heteroatoms. The molecule has 0 saturated heterocycles. The number of amides is 1. The SMILES string of the molecule is O=C(Cc1ccccc1)Nc1ccc(Nc2nc(-c3ccncc3)cs2)cc1. The third-order valence-electron chi connectivity index (χ3n) is 4.11. The Morgan fingerprint density at radius 3 is 2.36 bits per heavy atom. The first kappa shape index (κ1) is 17.9. The van der Waals surface area contributed by atoms with Crippen molar-refractivity contribution in [1.29, 1.82) is 0 Å². The van der Waals surface area contributed by atoms with Crippen LogP contribution in [0.2, 0.25) is 0 Å². The zero-order valence-electron chi connectivity index (χ0n) is 15.0. The summed E-state index contributed by atoms with van der Waals surface area (Å²) in [6.45, 7) is 0. The van der Waals surface area contributed by atoms with Crippen molar-refractivity contribution in [3.8, 4) is 11.3 Å². The molecule has 0 saturated carbocycles. The first-order chi connectivity index (χ1) is 13.8. The Labute approximate surface area is 167 Å². The van der Waals surface area contributed by atoms with Crippen molar-refractivity contribution in [2.75, 3.05) is 10.6 Å². The molecular formula is C22H18N4OS. The zero-order valence-corrected chi connectivity index (χ0v) is 15.8. The number of thiazole rings is 1. The quantitative estimate of drug-likeness (QED) is 0.482. The normalized spacial score (nSPS) is 10.4. The predicted octanol–water partition coefficient (Wildman–Crippen LogP) is 5.13. The van der Waals surface area contributed by atoms with E-state index in [0.29, 0.717) is 6.42 Å². The van der Waals surface area contributed by atoms with Gasteiger partial charge in [0, 0.05) is 34.7 Å². The fraction of sp³-hybridized carbons (Fsp3) is 0.0455. The van der Waals surface area contributed by atoms with Crippen LogP contribution in [0.1, 0.15) is 5.56 Å². The van der Waals surface area contributed by atoms with Gasteiger partial charge in [0.25, 0.3) is 0 Å². The van der Waals surface area contributed by atoms with Crippen LogP contribution in [0.5, 0.6) is 0 Å². The zero-order chi connectivity index (χ0) is 19.2. The molecule has 0 bridgehead atoms. The second-order valence-corrected chi connectivity index (χ2v) is 7.04. The van der Waals surface area contributed by atoms with Crippen molar-refractivity contribution in [3.05, 3.63) is 90.1 Å². The Morgan fingerprint density at radius 2 is 1.61 bits per heavy atom. The molecule has 0 aliphatic heterocycles. The van der Waals surface area contributed by atoms with Crippen LogP contribution in [-0.2, 0) is 11.2 Å². The molecule has 2 aromatic carbocycles. The molecule has 4 rings (SSSR count). The largest absolute Gasteiger partial charge is 0.332 e. The van der Waals surface area contributed by atoms with Gasteiger partial charge in [-0.05, 0) is 42.0 Å². The van der Waals surface area contributed by atoms with Gasteiger partial charge in [0.2, 0.25) is 5.91 Å². The Kier molecular flexibility index (Phi) is 5.40. The second-order valence-electron chi connectivity index (χ2n) is 6.19. The number of nitrogens with zero attached hydrogens (tertiary/aromatic N) is 2. The number of anilines is 3. The number of benzene rings is 2. The van der Waals surface area contributed by atoms with Gasteiger partial charge in [-0.3, -0.25) is 9.78 Å². The second kappa shape index (κ2) is 8.45. The molecule has 0 fully saturated rings. The number of hydrogen-bond acceptors (Lipinski definition) is 5. The number of carbonyl (C=O) groups excluding carboxylic acids is 1. The van der Waals surface area contributed by atoms with Gasteiger partial charge in [-0.15, -0.1) is 11.3 Å². The van der Waals surface area contributed by atoms with Crippen LogP contribution >= 0.6 is 11.3 Å². The Morgan fingerprint density at radius 1 is 0.893 bits per heavy atom. The molecule has 0 radical (unpaired) electrons. The number of carbonyl (C=O) groups is 1. The Bertz CT molecular complexity index is 1050. The molecule has 0 unspecified atom stereocenters. The highest BCUT2D eigenvalue weighted by molar-refractivity contribution is 7.14. The van der Waals surface area contributed by atoms with E-state index >= 15 is 0 Å². The molecule has 0 aliphatic rings. The predicted molar refractivity (Wildman–Crippen MR) is 114 cm³/mol. The van der Waals surface area contributed by atoms with Crippen molar-refractivity contribution in [2.24, 2.45) is 0 Å². The molecule has 4 aromatic rings. The summed E-state index contributed by atoms with van der Waals surface area (Å²) in [7, 11) is 0. The van der Waals surface area contributed by atoms with Gasteiger partial charge >= 0.3 is 0 Å². The van der Waals surface area contributed by atoms with Crippen LogP contribution in [0.3, 0.4) is 0 Å². The van der Waals surface area contributed by atoms with E-state index in [2.05, 4.69) is 20.6 Å². The van der Waals surface area contributed by atoms with E-state index in [-0.39, 0.29) is 5.91 Å². The molecule has 2 heterocycles. The minimum Gasteiger partial charge on any atom is -0.332 e. The molecule has 5 nitrogen and oxygen atoms in total. The highest BCUT2D eigenvalue weighted by Gasteiger charge is 2.06. The number of pyridine rings is 1. The first-order valence-electron chi connectivity index (χ1n) is 8.83. The van der Waals surface area contributed by atoms with Gasteiger partial charge in [-0.25, -0.2) is 4.98 Å². The summed E-state index contributed by atoms with van der Waals surface area (Å²) in [6.07, 6.45) is 3.87. The molecule has 2 N–H and O–H groups in total. The number of rotatable bonds is 6. The van der Waals surface area contributed by atoms with Gasteiger partial charge in [0.05, 0.1) is 12.1 Å². The number of hydrogen-bond donors (Lipinski definition) is 2. The van der Waals surface area contributed by atoms with E-state index < -0.39 is 0 Å². The van der Waals surface area contributed by atoms with E-state index in [4.69, 9.17) is 0 Å². The maximum atomic E-state index is 12.2. The van der Waals surface area contributed by atoms with E-state index in [0.717, 1.165) is 33.3 Å². The van der Waals surface area contributed by atoms with Crippen LogP contribution < -0.4 is 10.6 Å². The molecule has 0 atom stereocenters. The van der Waals surface area contributed by atoms with Crippen molar-refractivity contribution in [3.63, 3.8) is 0 Å². The molecule has 1 amide bonds. The average molecular weight is 386 g/mol. The summed E-state index contributed by atoms with van der Waals surface area (Å²) in [5.41, 5.74) is 4.63. The fourth-order valence-corrected chi connectivity index (χ4v) is 3.47. The smallest absolute Gasteiger partial charge is 0.228 e. The third kappa shape index (κ3) is 4.61. The highest BCUT2D eigenvalue weighted by atomic mass is 32.1. The van der Waals surface area contributed by atoms with E-state index in [1.807, 2.05) is 72.1 Å². The maximum Gasteiger partial charge on any atom is 0.228 e. The lowest BCUT2D eigenvalue weighted by Crippen LogP contribution is -2.14. The minimum absolute atomic E-state index is 0.0335. The molecule has 0 spiro atoms. The van der Waals surface area contributed by atoms with Crippen molar-refractivity contribution < 1.29 is 4.79 Å². The lowest BCUT2D eigenvalue weighted by Gasteiger charge is -2.07. The number of aromatic nitrogens is 2. The third-order valence-corrected chi connectivity index (χ3v) is 4.87. The van der Waals surface area contributed by atoms with E-state index in [9.17, 15) is 4.79 Å². The number of nitrogens with one attached hydrogen (secondary N) is 2. The summed E-state index contributed by atoms with van der Waals surface area (Å²) >= 11 is 1.54. The lowest BCUT2D eigenvalue weighted by molar-refractivity contribution is -0.115. The first-order valence-corrected chi connectivity index (χ1v) is 9.71. The van der Waals surface area contributed by atoms with Crippen molar-refractivity contribution in [2.45, 2.75) is 6.42 Å². The van der Waals surface area contributed by atoms with Crippen LogP contribution in [-0.4, -0.2) is 15.9 Å². The van der Waals surface area contributed by atoms with Gasteiger partial charge in [0.1, 0.15) is 0 Å². The van der Waals surface area contributed by atoms with Crippen molar-refractivity contribution >= 4 is 33.8 Å². The standard InChI is InChI=1S/C22H18N4OS/c27-21(14-16-4-2-1-3-5-16)24-18-6-8-19(9-7-18)25-22-26-20(15-28-22)17-10-12-23-13-11-17/h1-13,15H,14H2,(H,24,27)(H,25,26). The molecule has 138 valence electrons. The summed E-state index contributed by atoms with van der Waals surface area (Å²) in [5, 5.41) is 9.04. The molecule has 28 heavy (non-hydrogen) atoms. The fourth-order valence-electron chi connectivity index (χ4n) is 2.73. The average Bonchev–Trinajstić information content (AvgIpc) is 3.19. The monoisotopic (exact) mass is 386 g/mol. The van der Waals surface area contributed by atoms with Crippen molar-refractivity contribution in [1.82, 2.24) is 9.97 Å². The minimum atomic E-state index is -0.0335. The molecule has 0 aliphatic carbocycles. The van der Waals surface area contributed by atoms with Gasteiger partial charge in [-0.1, -0.05) is 30.3 Å². The summed E-state index contributed by atoms with van der Waals surface area (Å²) in [4.78, 5) is 20.8. The Balaban J connectivity index is 1.36. The highest BCUT2D eigenvalue weighted by Crippen LogP contribution is 2.27. The lowest BCUT2D eigenvalue weighted by atomic mass is 10.1. The summed E-state index contributed by atoms with van der Waals surface area (Å²) in [6, 6.07) is 21.2. The van der Waals surface area contributed by atoms with Gasteiger partial charge < -0.3 is 10.6 Å². The van der Waals surface area contributed by atoms with Crippen LogP contribution in [0.15, 0.2) is 84.5 Å². The topological polar surface area (TPSA) is 66.9 Å². The summed E-state index contributed by atoms with van der Waals surface area (Å²) < 4.78 is 0. The molecule has 2 aromatic heterocycles. The van der Waals surface area contributed by atoms with Crippen LogP contribution in [0.4, 0.5) is 16.5 Å². The van der Waals surface area contributed by atoms with Crippen LogP contribution in [0, 0.1) is 0 Å². The van der Waals surface area contributed by atoms with E-state index in [1.165, 1.54) is 0 Å². The maximum absolute atomic E-state index is 12.2. The van der Waals surface area contributed by atoms with E-state index in [1.54, 1.807) is 23.7 Å². The molecular weight excluding hydrogens is 368 g/mol. The summed E-state index contributed by atoms with van der Waals surface area (Å²) in [5.74, 6) is -0.0335. The van der Waals surface area contributed by atoms with Gasteiger partial charge in [0.15, 0.2) is 5.13 Å². The van der Waals surface area contributed by atoms with Crippen LogP contribution in [0.25, 0.3) is 11.3 Å². The Hall–Kier alpha value is -3.51.